The van der Waals surface area contributed by atoms with Gasteiger partial charge in [0.1, 0.15) is 11.5 Å². The standard InChI is InChI=1S/C27H34N2O6/c1-7-28(8-2)13-14-29-24(18-9-12-21(34-5)22(16-18)35-6)23(26(31)27(29)32)25(30)20-11-10-19(33-4)15-17(20)3/h9-12,15-16,24,30H,7-8,13-14H2,1-6H3/b25-23+. The van der Waals surface area contributed by atoms with Crippen molar-refractivity contribution < 1.29 is 28.9 Å². The summed E-state index contributed by atoms with van der Waals surface area (Å²) in [5.74, 6) is 0.0767. The Kier molecular flexibility index (Phi) is 8.40. The Balaban J connectivity index is 2.18. The number of ether oxygens (including phenoxy) is 3. The molecule has 2 aromatic carbocycles. The van der Waals surface area contributed by atoms with Crippen LogP contribution in [0, 0.1) is 6.92 Å². The number of aryl methyl sites for hydroxylation is 1. The Morgan fingerprint density at radius 1 is 0.971 bits per heavy atom. The molecule has 8 nitrogen and oxygen atoms in total. The van der Waals surface area contributed by atoms with Gasteiger partial charge < -0.3 is 29.1 Å². The molecule has 1 aliphatic rings. The van der Waals surface area contributed by atoms with Crippen LogP contribution in [-0.4, -0.2) is 74.1 Å². The van der Waals surface area contributed by atoms with Gasteiger partial charge in [-0.25, -0.2) is 0 Å². The highest BCUT2D eigenvalue weighted by Gasteiger charge is 2.46. The Morgan fingerprint density at radius 2 is 1.66 bits per heavy atom. The van der Waals surface area contributed by atoms with E-state index in [4.69, 9.17) is 14.2 Å². The fourth-order valence-electron chi connectivity index (χ4n) is 4.44. The third-order valence-electron chi connectivity index (χ3n) is 6.50. The van der Waals surface area contributed by atoms with Crippen LogP contribution >= 0.6 is 0 Å². The van der Waals surface area contributed by atoms with E-state index in [0.29, 0.717) is 41.5 Å². The topological polar surface area (TPSA) is 88.5 Å². The van der Waals surface area contributed by atoms with Crippen molar-refractivity contribution in [1.82, 2.24) is 9.80 Å². The summed E-state index contributed by atoms with van der Waals surface area (Å²) in [4.78, 5) is 30.2. The molecule has 2 aromatic rings. The van der Waals surface area contributed by atoms with Gasteiger partial charge in [0.2, 0.25) is 0 Å². The van der Waals surface area contributed by atoms with E-state index in [-0.39, 0.29) is 11.3 Å². The predicted molar refractivity (Wildman–Crippen MR) is 134 cm³/mol. The maximum atomic E-state index is 13.3. The van der Waals surface area contributed by atoms with E-state index >= 15 is 0 Å². The maximum absolute atomic E-state index is 13.3. The molecule has 1 saturated heterocycles. The zero-order valence-corrected chi connectivity index (χ0v) is 21.3. The summed E-state index contributed by atoms with van der Waals surface area (Å²) in [6, 6.07) is 9.67. The summed E-state index contributed by atoms with van der Waals surface area (Å²) in [6.45, 7) is 8.51. The molecule has 0 bridgehead atoms. The van der Waals surface area contributed by atoms with Gasteiger partial charge in [-0.1, -0.05) is 19.9 Å². The number of benzene rings is 2. The lowest BCUT2D eigenvalue weighted by atomic mass is 9.93. The van der Waals surface area contributed by atoms with Crippen LogP contribution in [0.25, 0.3) is 5.76 Å². The average Bonchev–Trinajstić information content (AvgIpc) is 3.13. The van der Waals surface area contributed by atoms with E-state index in [1.165, 1.54) is 12.0 Å². The number of nitrogens with zero attached hydrogens (tertiary/aromatic N) is 2. The summed E-state index contributed by atoms with van der Waals surface area (Å²) < 4.78 is 16.1. The Labute approximate surface area is 206 Å². The molecule has 1 unspecified atom stereocenters. The second-order valence-electron chi connectivity index (χ2n) is 8.31. The molecule has 3 rings (SSSR count). The number of aliphatic hydroxyl groups excluding tert-OH is 1. The predicted octanol–water partition coefficient (Wildman–Crippen LogP) is 3.78. The zero-order valence-electron chi connectivity index (χ0n) is 21.3. The SMILES string of the molecule is CCN(CC)CCN1C(=O)C(=O)/C(=C(/O)c2ccc(OC)cc2C)C1c1ccc(OC)c(OC)c1. The minimum atomic E-state index is -0.771. The molecule has 0 spiro atoms. The molecule has 1 heterocycles. The third-order valence-corrected chi connectivity index (χ3v) is 6.50. The van der Waals surface area contributed by atoms with Crippen LogP contribution in [0.2, 0.25) is 0 Å². The van der Waals surface area contributed by atoms with Gasteiger partial charge in [-0.2, -0.15) is 0 Å². The second kappa shape index (κ2) is 11.3. The highest BCUT2D eigenvalue weighted by molar-refractivity contribution is 6.46. The molecule has 1 fully saturated rings. The first kappa shape index (κ1) is 26.1. The number of likely N-dealkylation sites (N-methyl/N-ethyl adjacent to an activating group) is 1. The van der Waals surface area contributed by atoms with Crippen LogP contribution in [0.1, 0.15) is 36.6 Å². The van der Waals surface area contributed by atoms with Crippen LogP contribution in [0.4, 0.5) is 0 Å². The number of rotatable bonds is 10. The number of hydrogen-bond acceptors (Lipinski definition) is 7. The molecule has 8 heteroatoms. The third kappa shape index (κ3) is 5.12. The van der Waals surface area contributed by atoms with Gasteiger partial charge in [-0.15, -0.1) is 0 Å². The Bertz CT molecular complexity index is 1120. The first-order chi connectivity index (χ1) is 16.8. The minimum absolute atomic E-state index is 0.0510. The molecule has 0 saturated carbocycles. The van der Waals surface area contributed by atoms with Crippen molar-refractivity contribution >= 4 is 17.4 Å². The van der Waals surface area contributed by atoms with E-state index in [0.717, 1.165) is 18.7 Å². The molecule has 1 aliphatic heterocycles. The number of Topliss-reactive ketones (excluding diaryl/α,β-unsaturated/α-hetero) is 1. The first-order valence-corrected chi connectivity index (χ1v) is 11.7. The Morgan fingerprint density at radius 3 is 2.23 bits per heavy atom. The van der Waals surface area contributed by atoms with Crippen molar-refractivity contribution in [1.29, 1.82) is 0 Å². The van der Waals surface area contributed by atoms with Gasteiger partial charge >= 0.3 is 0 Å². The van der Waals surface area contributed by atoms with Crippen molar-refractivity contribution in [3.63, 3.8) is 0 Å². The van der Waals surface area contributed by atoms with E-state index in [1.807, 2.05) is 6.92 Å². The monoisotopic (exact) mass is 482 g/mol. The van der Waals surface area contributed by atoms with Crippen LogP contribution in [0.15, 0.2) is 42.0 Å². The van der Waals surface area contributed by atoms with Gasteiger partial charge in [0, 0.05) is 18.7 Å². The molecular weight excluding hydrogens is 448 g/mol. The molecule has 0 radical (unpaired) electrons. The summed E-state index contributed by atoms with van der Waals surface area (Å²) in [5.41, 5.74) is 1.89. The smallest absolute Gasteiger partial charge is 0.295 e. The van der Waals surface area contributed by atoms with E-state index in [1.54, 1.807) is 50.6 Å². The summed E-state index contributed by atoms with van der Waals surface area (Å²) in [5, 5.41) is 11.4. The fourth-order valence-corrected chi connectivity index (χ4v) is 4.44. The number of methoxy groups -OCH3 is 3. The quantitative estimate of drug-likeness (QED) is 0.313. The van der Waals surface area contributed by atoms with Crippen LogP contribution in [-0.2, 0) is 9.59 Å². The molecule has 35 heavy (non-hydrogen) atoms. The number of aliphatic hydroxyl groups is 1. The number of amides is 1. The first-order valence-electron chi connectivity index (χ1n) is 11.7. The molecule has 1 atom stereocenters. The van der Waals surface area contributed by atoms with Crippen molar-refractivity contribution in [2.45, 2.75) is 26.8 Å². The minimum Gasteiger partial charge on any atom is -0.507 e. The lowest BCUT2D eigenvalue weighted by molar-refractivity contribution is -0.140. The van der Waals surface area contributed by atoms with Crippen molar-refractivity contribution in [3.05, 3.63) is 58.7 Å². The number of likely N-dealkylation sites (tertiary alicyclic amines) is 1. The van der Waals surface area contributed by atoms with E-state index in [9.17, 15) is 14.7 Å². The number of hydrogen-bond donors (Lipinski definition) is 1. The average molecular weight is 483 g/mol. The molecule has 0 aromatic heterocycles. The number of carbonyl (C=O) groups is 2. The summed E-state index contributed by atoms with van der Waals surface area (Å²) in [7, 11) is 4.63. The summed E-state index contributed by atoms with van der Waals surface area (Å²) >= 11 is 0. The van der Waals surface area contributed by atoms with E-state index in [2.05, 4.69) is 18.7 Å². The number of ketones is 1. The lowest BCUT2D eigenvalue weighted by Gasteiger charge is -2.28. The van der Waals surface area contributed by atoms with Crippen LogP contribution in [0.5, 0.6) is 17.2 Å². The second-order valence-corrected chi connectivity index (χ2v) is 8.31. The molecule has 188 valence electrons. The summed E-state index contributed by atoms with van der Waals surface area (Å²) in [6.07, 6.45) is 0. The van der Waals surface area contributed by atoms with Crippen molar-refractivity contribution in [2.75, 3.05) is 47.5 Å². The maximum Gasteiger partial charge on any atom is 0.295 e. The van der Waals surface area contributed by atoms with Gasteiger partial charge in [0.05, 0.1) is 32.9 Å². The highest BCUT2D eigenvalue weighted by atomic mass is 16.5. The molecule has 0 aliphatic carbocycles. The highest BCUT2D eigenvalue weighted by Crippen LogP contribution is 2.42. The lowest BCUT2D eigenvalue weighted by Crippen LogP contribution is -2.38. The van der Waals surface area contributed by atoms with Gasteiger partial charge in [0.15, 0.2) is 11.5 Å². The van der Waals surface area contributed by atoms with Crippen molar-refractivity contribution in [2.24, 2.45) is 0 Å². The Hall–Kier alpha value is -3.52. The largest absolute Gasteiger partial charge is 0.507 e. The van der Waals surface area contributed by atoms with Crippen LogP contribution < -0.4 is 14.2 Å². The molecular formula is C27H34N2O6. The van der Waals surface area contributed by atoms with Gasteiger partial charge in [-0.05, 0) is 61.5 Å². The fraction of sp³-hybridized carbons (Fsp3) is 0.407. The molecule has 1 N–H and O–H groups in total. The van der Waals surface area contributed by atoms with Crippen LogP contribution in [0.3, 0.4) is 0 Å². The van der Waals surface area contributed by atoms with Gasteiger partial charge in [0.25, 0.3) is 11.7 Å². The number of carbonyl (C=O) groups excluding carboxylic acids is 2. The molecule has 1 amide bonds. The normalized spacial score (nSPS) is 17.2. The zero-order chi connectivity index (χ0) is 25.7. The van der Waals surface area contributed by atoms with Crippen molar-refractivity contribution in [3.8, 4) is 17.2 Å². The van der Waals surface area contributed by atoms with E-state index < -0.39 is 17.7 Å². The van der Waals surface area contributed by atoms with Gasteiger partial charge in [-0.3, -0.25) is 9.59 Å².